The average molecular weight is 329 g/mol. The molecule has 1 heterocycles. The summed E-state index contributed by atoms with van der Waals surface area (Å²) in [7, 11) is 0. The van der Waals surface area contributed by atoms with Gasteiger partial charge < -0.3 is 20.5 Å². The van der Waals surface area contributed by atoms with Crippen LogP contribution in [0.5, 0.6) is 5.75 Å². The van der Waals surface area contributed by atoms with Gasteiger partial charge in [0.15, 0.2) is 0 Å². The van der Waals surface area contributed by atoms with Crippen LogP contribution in [0.1, 0.15) is 24.0 Å². The number of halogens is 1. The van der Waals surface area contributed by atoms with Crippen molar-refractivity contribution in [3.05, 3.63) is 29.3 Å². The molecule has 1 amide bonds. The highest BCUT2D eigenvalue weighted by atomic mass is 35.5. The van der Waals surface area contributed by atoms with Crippen molar-refractivity contribution in [2.75, 3.05) is 19.7 Å². The zero-order chi connectivity index (χ0) is 15.2. The van der Waals surface area contributed by atoms with Crippen LogP contribution in [-0.4, -0.2) is 37.8 Å². The highest BCUT2D eigenvalue weighted by Crippen LogP contribution is 2.22. The molecule has 1 aliphatic heterocycles. The van der Waals surface area contributed by atoms with Gasteiger partial charge in [-0.3, -0.25) is 4.79 Å². The van der Waals surface area contributed by atoms with Gasteiger partial charge >= 0.3 is 0 Å². The number of para-hydroxylation sites is 1. The van der Waals surface area contributed by atoms with Gasteiger partial charge in [-0.1, -0.05) is 18.2 Å². The van der Waals surface area contributed by atoms with Crippen LogP contribution in [0.4, 0.5) is 0 Å². The van der Waals surface area contributed by atoms with E-state index in [-0.39, 0.29) is 30.5 Å². The smallest absolute Gasteiger partial charge is 0.249 e. The second-order valence-corrected chi connectivity index (χ2v) is 5.42. The summed E-state index contributed by atoms with van der Waals surface area (Å²) in [6, 6.07) is 6.03. The molecule has 6 heteroatoms. The maximum Gasteiger partial charge on any atom is 0.249 e. The Morgan fingerprint density at radius 1 is 1.36 bits per heavy atom. The predicted octanol–water partition coefficient (Wildman–Crippen LogP) is 1.73. The minimum Gasteiger partial charge on any atom is -0.491 e. The number of nitrogens with two attached hydrogens (primary N) is 1. The number of amides is 1. The van der Waals surface area contributed by atoms with Crippen molar-refractivity contribution < 1.29 is 14.3 Å². The molecule has 0 spiro atoms. The van der Waals surface area contributed by atoms with E-state index in [1.807, 2.05) is 32.0 Å². The third-order valence-electron chi connectivity index (χ3n) is 3.72. The lowest BCUT2D eigenvalue weighted by Crippen LogP contribution is -2.37. The third kappa shape index (κ3) is 4.87. The van der Waals surface area contributed by atoms with E-state index >= 15 is 0 Å². The maximum atomic E-state index is 11.9. The molecule has 1 saturated heterocycles. The number of rotatable bonds is 6. The number of aryl methyl sites for hydroxylation is 2. The van der Waals surface area contributed by atoms with E-state index in [0.717, 1.165) is 29.7 Å². The first-order valence-electron chi connectivity index (χ1n) is 7.44. The summed E-state index contributed by atoms with van der Waals surface area (Å²) in [6.45, 7) is 5.42. The highest BCUT2D eigenvalue weighted by Gasteiger charge is 2.29. The molecular formula is C16H25ClN2O3. The summed E-state index contributed by atoms with van der Waals surface area (Å²) in [5.74, 6) is 0.822. The van der Waals surface area contributed by atoms with E-state index in [9.17, 15) is 4.79 Å². The van der Waals surface area contributed by atoms with Crippen molar-refractivity contribution in [2.24, 2.45) is 5.73 Å². The number of hydrogen-bond acceptors (Lipinski definition) is 4. The first kappa shape index (κ1) is 18.7. The molecule has 124 valence electrons. The van der Waals surface area contributed by atoms with Crippen LogP contribution in [0, 0.1) is 13.8 Å². The topological polar surface area (TPSA) is 73.6 Å². The fourth-order valence-electron chi connectivity index (χ4n) is 2.54. The van der Waals surface area contributed by atoms with Crippen molar-refractivity contribution in [3.63, 3.8) is 0 Å². The predicted molar refractivity (Wildman–Crippen MR) is 88.6 cm³/mol. The van der Waals surface area contributed by atoms with Crippen LogP contribution in [0.3, 0.4) is 0 Å². The fraction of sp³-hybridized carbons (Fsp3) is 0.562. The lowest BCUT2D eigenvalue weighted by molar-refractivity contribution is -0.131. The number of carbonyl (C=O) groups is 1. The molecule has 0 aliphatic carbocycles. The Morgan fingerprint density at radius 2 is 2.05 bits per heavy atom. The van der Waals surface area contributed by atoms with Gasteiger partial charge in [0.05, 0.1) is 12.6 Å². The lowest BCUT2D eigenvalue weighted by Gasteiger charge is -2.14. The monoisotopic (exact) mass is 328 g/mol. The molecule has 1 fully saturated rings. The van der Waals surface area contributed by atoms with E-state index in [0.29, 0.717) is 19.7 Å². The Bertz CT molecular complexity index is 476. The number of nitrogens with one attached hydrogen (secondary N) is 1. The van der Waals surface area contributed by atoms with Crippen molar-refractivity contribution in [1.82, 2.24) is 5.32 Å². The SMILES string of the molecule is Cc1cccc(C)c1OCCNC(=O)[C@@H]1CC[C@H](CN)O1.Cl. The van der Waals surface area contributed by atoms with E-state index < -0.39 is 0 Å². The summed E-state index contributed by atoms with van der Waals surface area (Å²) in [5, 5.41) is 2.85. The Labute approximate surface area is 138 Å². The number of carbonyl (C=O) groups excluding carboxylic acids is 1. The summed E-state index contributed by atoms with van der Waals surface area (Å²) in [5.41, 5.74) is 7.74. The molecule has 0 aromatic heterocycles. The van der Waals surface area contributed by atoms with Crippen LogP contribution in [0.15, 0.2) is 18.2 Å². The largest absolute Gasteiger partial charge is 0.491 e. The minimum atomic E-state index is -0.362. The van der Waals surface area contributed by atoms with Crippen LogP contribution in [0.25, 0.3) is 0 Å². The third-order valence-corrected chi connectivity index (χ3v) is 3.72. The normalized spacial score (nSPS) is 20.3. The molecule has 1 aromatic carbocycles. The van der Waals surface area contributed by atoms with Gasteiger partial charge in [0, 0.05) is 6.54 Å². The van der Waals surface area contributed by atoms with Crippen LogP contribution in [-0.2, 0) is 9.53 Å². The molecule has 0 radical (unpaired) electrons. The van der Waals surface area contributed by atoms with Gasteiger partial charge in [0.25, 0.3) is 0 Å². The van der Waals surface area contributed by atoms with Crippen molar-refractivity contribution >= 4 is 18.3 Å². The zero-order valence-corrected chi connectivity index (χ0v) is 13.9. The molecule has 5 nitrogen and oxygen atoms in total. The Hall–Kier alpha value is -1.30. The summed E-state index contributed by atoms with van der Waals surface area (Å²) in [6.07, 6.45) is 1.25. The molecule has 2 rings (SSSR count). The van der Waals surface area contributed by atoms with Crippen LogP contribution >= 0.6 is 12.4 Å². The Balaban J connectivity index is 0.00000242. The van der Waals surface area contributed by atoms with E-state index in [1.54, 1.807) is 0 Å². The summed E-state index contributed by atoms with van der Waals surface area (Å²) < 4.78 is 11.3. The Morgan fingerprint density at radius 3 is 2.64 bits per heavy atom. The second kappa shape index (κ2) is 8.98. The number of hydrogen-bond donors (Lipinski definition) is 2. The van der Waals surface area contributed by atoms with Crippen molar-refractivity contribution in [2.45, 2.75) is 38.9 Å². The number of benzene rings is 1. The van der Waals surface area contributed by atoms with E-state index in [2.05, 4.69) is 5.32 Å². The van der Waals surface area contributed by atoms with Gasteiger partial charge in [-0.05, 0) is 37.8 Å². The first-order chi connectivity index (χ1) is 10.1. The first-order valence-corrected chi connectivity index (χ1v) is 7.44. The molecule has 22 heavy (non-hydrogen) atoms. The summed E-state index contributed by atoms with van der Waals surface area (Å²) in [4.78, 5) is 11.9. The molecule has 2 atom stereocenters. The van der Waals surface area contributed by atoms with E-state index in [1.165, 1.54) is 0 Å². The minimum absolute atomic E-state index is 0. The van der Waals surface area contributed by atoms with E-state index in [4.69, 9.17) is 15.2 Å². The molecule has 3 N–H and O–H groups in total. The van der Waals surface area contributed by atoms with Gasteiger partial charge in [-0.25, -0.2) is 0 Å². The van der Waals surface area contributed by atoms with Gasteiger partial charge in [-0.2, -0.15) is 0 Å². The van der Waals surface area contributed by atoms with Gasteiger partial charge in [-0.15, -0.1) is 12.4 Å². The van der Waals surface area contributed by atoms with Gasteiger partial charge in [0.1, 0.15) is 18.5 Å². The second-order valence-electron chi connectivity index (χ2n) is 5.42. The fourth-order valence-corrected chi connectivity index (χ4v) is 2.54. The molecule has 0 unspecified atom stereocenters. The van der Waals surface area contributed by atoms with Crippen molar-refractivity contribution in [3.8, 4) is 5.75 Å². The molecular weight excluding hydrogens is 304 g/mol. The van der Waals surface area contributed by atoms with Crippen LogP contribution < -0.4 is 15.8 Å². The van der Waals surface area contributed by atoms with Crippen molar-refractivity contribution in [1.29, 1.82) is 0 Å². The maximum absolute atomic E-state index is 11.9. The zero-order valence-electron chi connectivity index (χ0n) is 13.1. The average Bonchev–Trinajstić information content (AvgIpc) is 2.95. The number of ether oxygens (including phenoxy) is 2. The standard InChI is InChI=1S/C16H24N2O3.ClH/c1-11-4-3-5-12(2)15(11)20-9-8-18-16(19)14-7-6-13(10-17)21-14;/h3-5,13-14H,6-10,17H2,1-2H3,(H,18,19);1H/t13-,14+;/m1./s1. The molecule has 1 aliphatic rings. The summed E-state index contributed by atoms with van der Waals surface area (Å²) >= 11 is 0. The van der Waals surface area contributed by atoms with Crippen LogP contribution in [0.2, 0.25) is 0 Å². The molecule has 1 aromatic rings. The van der Waals surface area contributed by atoms with Gasteiger partial charge in [0.2, 0.25) is 5.91 Å². The lowest BCUT2D eigenvalue weighted by atomic mass is 10.1. The highest BCUT2D eigenvalue weighted by molar-refractivity contribution is 5.85. The quantitative estimate of drug-likeness (QED) is 0.780. The molecule has 0 bridgehead atoms. The molecule has 0 saturated carbocycles. The Kier molecular flexibility index (Phi) is 7.65.